The van der Waals surface area contributed by atoms with Crippen LogP contribution >= 0.6 is 27.5 Å². The van der Waals surface area contributed by atoms with Crippen molar-refractivity contribution in [1.29, 1.82) is 0 Å². The van der Waals surface area contributed by atoms with E-state index in [1.165, 1.54) is 4.68 Å². The largest absolute Gasteiger partial charge is 0.494 e. The molecule has 0 saturated heterocycles. The smallest absolute Gasteiger partial charge is 0.328 e. The van der Waals surface area contributed by atoms with Crippen LogP contribution in [0.1, 0.15) is 17.4 Å². The average molecular weight is 556 g/mol. The molecule has 1 aromatic heterocycles. The molecule has 10 heteroatoms. The fourth-order valence-corrected chi connectivity index (χ4v) is 3.85. The van der Waals surface area contributed by atoms with E-state index in [9.17, 15) is 14.4 Å². The fraction of sp³-hybridized carbons (Fsp3) is 0.0800. The van der Waals surface area contributed by atoms with E-state index in [4.69, 9.17) is 16.3 Å². The monoisotopic (exact) mass is 554 g/mol. The molecule has 35 heavy (non-hydrogen) atoms. The third-order valence-electron chi connectivity index (χ3n) is 4.94. The lowest BCUT2D eigenvalue weighted by Gasteiger charge is -2.13. The van der Waals surface area contributed by atoms with E-state index in [1.54, 1.807) is 72.8 Å². The molecule has 0 unspecified atom stereocenters. The SMILES string of the molecule is CCOc1ccc(NC(=O)c2cc3cc(Br)ccc3n2NC(=O)C(=O)Nc2ccc(Cl)cc2)cc1. The van der Waals surface area contributed by atoms with Crippen LogP contribution in [-0.4, -0.2) is 29.0 Å². The van der Waals surface area contributed by atoms with Gasteiger partial charge in [-0.15, -0.1) is 0 Å². The number of nitrogens with zero attached hydrogens (tertiary/aromatic N) is 1. The summed E-state index contributed by atoms with van der Waals surface area (Å²) in [5.41, 5.74) is 4.15. The van der Waals surface area contributed by atoms with E-state index in [2.05, 4.69) is 32.0 Å². The highest BCUT2D eigenvalue weighted by atomic mass is 79.9. The number of fused-ring (bicyclic) bond motifs is 1. The van der Waals surface area contributed by atoms with Crippen LogP contribution in [0.4, 0.5) is 11.4 Å². The second-order valence-electron chi connectivity index (χ2n) is 7.38. The van der Waals surface area contributed by atoms with Crippen LogP contribution in [0.5, 0.6) is 5.75 Å². The molecular weight excluding hydrogens is 536 g/mol. The molecule has 0 fully saturated rings. The van der Waals surface area contributed by atoms with E-state index in [1.807, 2.05) is 6.92 Å². The standard InChI is InChI=1S/C25H20BrClN4O4/c1-2-35-20-10-8-19(9-11-20)28-23(32)22-14-15-13-16(26)3-12-21(15)31(22)30-25(34)24(33)29-18-6-4-17(27)5-7-18/h3-14H,2H2,1H3,(H,28,32)(H,29,33)(H,30,34). The van der Waals surface area contributed by atoms with Crippen LogP contribution in [0.3, 0.4) is 0 Å². The normalized spacial score (nSPS) is 10.6. The van der Waals surface area contributed by atoms with Gasteiger partial charge in [0.05, 0.1) is 12.1 Å². The number of rotatable bonds is 6. The number of amides is 3. The maximum absolute atomic E-state index is 13.1. The van der Waals surface area contributed by atoms with E-state index in [0.29, 0.717) is 39.7 Å². The number of anilines is 2. The third kappa shape index (κ3) is 5.82. The van der Waals surface area contributed by atoms with Crippen molar-refractivity contribution in [3.63, 3.8) is 0 Å². The molecule has 3 N–H and O–H groups in total. The Balaban J connectivity index is 1.58. The van der Waals surface area contributed by atoms with Crippen LogP contribution in [0.15, 0.2) is 77.3 Å². The Bertz CT molecular complexity index is 1400. The quantitative estimate of drug-likeness (QED) is 0.277. The minimum absolute atomic E-state index is 0.139. The topological polar surface area (TPSA) is 101 Å². The van der Waals surface area contributed by atoms with Gasteiger partial charge in [-0.25, -0.2) is 4.68 Å². The lowest BCUT2D eigenvalue weighted by Crippen LogP contribution is -2.36. The Morgan fingerprint density at radius 3 is 2.23 bits per heavy atom. The van der Waals surface area contributed by atoms with Crippen LogP contribution in [0.2, 0.25) is 5.02 Å². The van der Waals surface area contributed by atoms with Gasteiger partial charge in [-0.2, -0.15) is 0 Å². The fourth-order valence-electron chi connectivity index (χ4n) is 3.34. The first-order valence-electron chi connectivity index (χ1n) is 10.6. The van der Waals surface area contributed by atoms with Crippen molar-refractivity contribution in [2.24, 2.45) is 0 Å². The minimum atomic E-state index is -0.949. The Morgan fingerprint density at radius 2 is 1.54 bits per heavy atom. The van der Waals surface area contributed by atoms with Gasteiger partial charge in [-0.1, -0.05) is 27.5 Å². The highest BCUT2D eigenvalue weighted by Crippen LogP contribution is 2.24. The highest BCUT2D eigenvalue weighted by molar-refractivity contribution is 9.10. The lowest BCUT2D eigenvalue weighted by molar-refractivity contribution is -0.133. The zero-order valence-corrected chi connectivity index (χ0v) is 20.8. The van der Waals surface area contributed by atoms with Crippen molar-refractivity contribution in [3.8, 4) is 5.75 Å². The number of carbonyl (C=O) groups excluding carboxylic acids is 3. The number of nitrogens with one attached hydrogen (secondary N) is 3. The Labute approximate surface area is 214 Å². The van der Waals surface area contributed by atoms with Crippen LogP contribution < -0.4 is 20.8 Å². The molecular formula is C25H20BrClN4O4. The van der Waals surface area contributed by atoms with E-state index >= 15 is 0 Å². The molecule has 0 aliphatic rings. The van der Waals surface area contributed by atoms with Crippen LogP contribution in [0.25, 0.3) is 10.9 Å². The van der Waals surface area contributed by atoms with E-state index in [0.717, 1.165) is 4.47 Å². The zero-order chi connectivity index (χ0) is 24.9. The lowest BCUT2D eigenvalue weighted by atomic mass is 10.2. The molecule has 0 bridgehead atoms. The molecule has 0 atom stereocenters. The number of hydrogen-bond donors (Lipinski definition) is 3. The van der Waals surface area contributed by atoms with Gasteiger partial charge < -0.3 is 15.4 Å². The molecule has 0 aliphatic carbocycles. The number of benzene rings is 3. The van der Waals surface area contributed by atoms with Crippen molar-refractivity contribution in [3.05, 3.63) is 88.0 Å². The van der Waals surface area contributed by atoms with Crippen LogP contribution in [-0.2, 0) is 9.59 Å². The summed E-state index contributed by atoms with van der Waals surface area (Å²) in [6.07, 6.45) is 0. The van der Waals surface area contributed by atoms with Gasteiger partial charge in [0.1, 0.15) is 11.4 Å². The van der Waals surface area contributed by atoms with Gasteiger partial charge in [0.15, 0.2) is 0 Å². The molecule has 4 aromatic rings. The van der Waals surface area contributed by atoms with Gasteiger partial charge in [-0.3, -0.25) is 19.8 Å². The number of ether oxygens (including phenoxy) is 1. The summed E-state index contributed by atoms with van der Waals surface area (Å²) in [6, 6.07) is 20.2. The maximum Gasteiger partial charge on any atom is 0.328 e. The van der Waals surface area contributed by atoms with Crippen molar-refractivity contribution in [2.45, 2.75) is 6.92 Å². The van der Waals surface area contributed by atoms with E-state index in [-0.39, 0.29) is 5.69 Å². The van der Waals surface area contributed by atoms with Gasteiger partial charge >= 0.3 is 11.8 Å². The number of hydrogen-bond acceptors (Lipinski definition) is 4. The van der Waals surface area contributed by atoms with Gasteiger partial charge in [0, 0.05) is 26.3 Å². The summed E-state index contributed by atoms with van der Waals surface area (Å²) in [4.78, 5) is 38.3. The number of aromatic nitrogens is 1. The summed E-state index contributed by atoms with van der Waals surface area (Å²) in [7, 11) is 0. The summed E-state index contributed by atoms with van der Waals surface area (Å²) in [6.45, 7) is 2.42. The van der Waals surface area contributed by atoms with Gasteiger partial charge in [0.2, 0.25) is 0 Å². The predicted octanol–water partition coefficient (Wildman–Crippen LogP) is 5.42. The molecule has 0 saturated carbocycles. The summed E-state index contributed by atoms with van der Waals surface area (Å²) >= 11 is 9.27. The zero-order valence-electron chi connectivity index (χ0n) is 18.5. The molecule has 8 nitrogen and oxygen atoms in total. The molecule has 0 aliphatic heterocycles. The molecule has 1 heterocycles. The van der Waals surface area contributed by atoms with Gasteiger partial charge in [0.25, 0.3) is 5.91 Å². The van der Waals surface area contributed by atoms with E-state index < -0.39 is 17.7 Å². The maximum atomic E-state index is 13.1. The van der Waals surface area contributed by atoms with Crippen molar-refractivity contribution < 1.29 is 19.1 Å². The highest BCUT2D eigenvalue weighted by Gasteiger charge is 2.21. The number of carbonyl (C=O) groups is 3. The number of halogens is 2. The summed E-state index contributed by atoms with van der Waals surface area (Å²) in [5, 5.41) is 6.49. The summed E-state index contributed by atoms with van der Waals surface area (Å²) in [5.74, 6) is -1.64. The molecule has 0 radical (unpaired) electrons. The molecule has 3 aromatic carbocycles. The predicted molar refractivity (Wildman–Crippen MR) is 140 cm³/mol. The van der Waals surface area contributed by atoms with Crippen molar-refractivity contribution in [2.75, 3.05) is 22.7 Å². The van der Waals surface area contributed by atoms with Crippen LogP contribution in [0, 0.1) is 0 Å². The Kier molecular flexibility index (Phi) is 7.38. The van der Waals surface area contributed by atoms with Crippen molar-refractivity contribution in [1.82, 2.24) is 4.68 Å². The Morgan fingerprint density at radius 1 is 0.886 bits per heavy atom. The van der Waals surface area contributed by atoms with Gasteiger partial charge in [-0.05, 0) is 79.7 Å². The average Bonchev–Trinajstić information content (AvgIpc) is 3.19. The first-order chi connectivity index (χ1) is 16.8. The third-order valence-corrected chi connectivity index (χ3v) is 5.69. The second-order valence-corrected chi connectivity index (χ2v) is 8.73. The molecule has 4 rings (SSSR count). The first kappa shape index (κ1) is 24.3. The summed E-state index contributed by atoms with van der Waals surface area (Å²) < 4.78 is 7.51. The van der Waals surface area contributed by atoms with Crippen molar-refractivity contribution >= 4 is 67.5 Å². The minimum Gasteiger partial charge on any atom is -0.494 e. The molecule has 0 spiro atoms. The molecule has 178 valence electrons. The molecule has 3 amide bonds. The first-order valence-corrected chi connectivity index (χ1v) is 11.7. The Hall–Kier alpha value is -3.82. The second kappa shape index (κ2) is 10.6.